The zero-order valence-electron chi connectivity index (χ0n) is 8.87. The first-order valence-corrected chi connectivity index (χ1v) is 6.68. The molecular formula is C10H12Cl2N2O2S. The average molecular weight is 295 g/mol. The molecule has 4 N–H and O–H groups in total. The van der Waals surface area contributed by atoms with E-state index in [-0.39, 0.29) is 18.3 Å². The highest BCUT2D eigenvalue weighted by atomic mass is 35.5. The second kappa shape index (κ2) is 6.96. The number of amides is 1. The molecule has 0 saturated heterocycles. The monoisotopic (exact) mass is 294 g/mol. The molecule has 0 aromatic heterocycles. The highest BCUT2D eigenvalue weighted by Crippen LogP contribution is 2.32. The number of carbonyl (C=O) groups is 1. The molecule has 4 nitrogen and oxygen atoms in total. The van der Waals surface area contributed by atoms with Crippen LogP contribution in [0.1, 0.15) is 0 Å². The van der Waals surface area contributed by atoms with E-state index in [1.54, 1.807) is 0 Å². The van der Waals surface area contributed by atoms with Gasteiger partial charge in [0.15, 0.2) is 0 Å². The molecule has 0 aliphatic carbocycles. The van der Waals surface area contributed by atoms with Gasteiger partial charge in [0.05, 0.1) is 28.8 Å². The van der Waals surface area contributed by atoms with Crippen molar-refractivity contribution in [3.63, 3.8) is 0 Å². The van der Waals surface area contributed by atoms with Crippen molar-refractivity contribution in [1.82, 2.24) is 0 Å². The largest absolute Gasteiger partial charge is 0.397 e. The Hall–Kier alpha value is -0.620. The van der Waals surface area contributed by atoms with Crippen LogP contribution in [-0.4, -0.2) is 29.1 Å². The highest BCUT2D eigenvalue weighted by Gasteiger charge is 2.10. The van der Waals surface area contributed by atoms with Gasteiger partial charge in [-0.1, -0.05) is 23.2 Å². The third kappa shape index (κ3) is 4.63. The van der Waals surface area contributed by atoms with Gasteiger partial charge in [-0.15, -0.1) is 11.8 Å². The lowest BCUT2D eigenvalue weighted by molar-refractivity contribution is -0.113. The standard InChI is InChI=1S/C10H12Cl2N2O2S/c11-6-3-7(12)10(8(13)4-6)14-9(16)5-17-2-1-15/h3-4,15H,1-2,5,13H2,(H,14,16). The number of hydrogen-bond acceptors (Lipinski definition) is 4. The summed E-state index contributed by atoms with van der Waals surface area (Å²) in [5.74, 6) is 0.523. The van der Waals surface area contributed by atoms with Crippen molar-refractivity contribution in [2.24, 2.45) is 0 Å². The molecule has 0 aliphatic rings. The number of nitrogens with one attached hydrogen (secondary N) is 1. The van der Waals surface area contributed by atoms with Crippen LogP contribution >= 0.6 is 35.0 Å². The van der Waals surface area contributed by atoms with Crippen LogP contribution in [0.5, 0.6) is 0 Å². The second-order valence-electron chi connectivity index (χ2n) is 3.18. The molecule has 17 heavy (non-hydrogen) atoms. The van der Waals surface area contributed by atoms with E-state index in [4.69, 9.17) is 34.0 Å². The van der Waals surface area contributed by atoms with Crippen molar-refractivity contribution in [1.29, 1.82) is 0 Å². The van der Waals surface area contributed by atoms with Crippen LogP contribution in [0, 0.1) is 0 Å². The van der Waals surface area contributed by atoms with Crippen molar-refractivity contribution in [3.8, 4) is 0 Å². The van der Waals surface area contributed by atoms with Gasteiger partial charge < -0.3 is 16.2 Å². The maximum atomic E-state index is 11.5. The van der Waals surface area contributed by atoms with E-state index in [0.717, 1.165) is 0 Å². The Morgan fingerprint density at radius 2 is 2.18 bits per heavy atom. The minimum atomic E-state index is -0.223. The number of anilines is 2. The molecule has 0 saturated carbocycles. The Morgan fingerprint density at radius 3 is 2.76 bits per heavy atom. The Morgan fingerprint density at radius 1 is 1.47 bits per heavy atom. The number of aliphatic hydroxyl groups excluding tert-OH is 1. The van der Waals surface area contributed by atoms with Crippen molar-refractivity contribution < 1.29 is 9.90 Å². The van der Waals surface area contributed by atoms with E-state index in [2.05, 4.69) is 5.32 Å². The van der Waals surface area contributed by atoms with E-state index in [0.29, 0.717) is 27.2 Å². The average Bonchev–Trinajstić information content (AvgIpc) is 2.24. The molecule has 7 heteroatoms. The fraction of sp³-hybridized carbons (Fsp3) is 0.300. The van der Waals surface area contributed by atoms with Crippen LogP contribution in [-0.2, 0) is 4.79 Å². The summed E-state index contributed by atoms with van der Waals surface area (Å²) in [4.78, 5) is 11.5. The van der Waals surface area contributed by atoms with E-state index < -0.39 is 0 Å². The Kier molecular flexibility index (Phi) is 5.91. The maximum absolute atomic E-state index is 11.5. The molecule has 0 fully saturated rings. The SMILES string of the molecule is Nc1cc(Cl)cc(Cl)c1NC(=O)CSCCO. The summed E-state index contributed by atoms with van der Waals surface area (Å²) in [5, 5.41) is 11.9. The lowest BCUT2D eigenvalue weighted by Crippen LogP contribution is -2.16. The molecule has 1 aromatic rings. The summed E-state index contributed by atoms with van der Waals surface area (Å²) >= 11 is 13.0. The maximum Gasteiger partial charge on any atom is 0.234 e. The van der Waals surface area contributed by atoms with Gasteiger partial charge in [0.1, 0.15) is 0 Å². The molecule has 0 aliphatic heterocycles. The molecule has 0 bridgehead atoms. The lowest BCUT2D eigenvalue weighted by atomic mass is 10.2. The van der Waals surface area contributed by atoms with E-state index >= 15 is 0 Å². The first-order chi connectivity index (χ1) is 8.04. The number of nitrogens with two attached hydrogens (primary N) is 1. The van der Waals surface area contributed by atoms with Crippen LogP contribution in [0.4, 0.5) is 11.4 Å². The number of rotatable bonds is 5. The number of carbonyl (C=O) groups excluding carboxylic acids is 1. The van der Waals surface area contributed by atoms with Crippen LogP contribution in [0.25, 0.3) is 0 Å². The first kappa shape index (κ1) is 14.4. The number of thioether (sulfide) groups is 1. The third-order valence-electron chi connectivity index (χ3n) is 1.82. The summed E-state index contributed by atoms with van der Waals surface area (Å²) in [6, 6.07) is 3.03. The highest BCUT2D eigenvalue weighted by molar-refractivity contribution is 7.99. The summed E-state index contributed by atoms with van der Waals surface area (Å²) < 4.78 is 0. The normalized spacial score (nSPS) is 10.3. The molecule has 1 aromatic carbocycles. The molecule has 0 radical (unpaired) electrons. The molecular weight excluding hydrogens is 283 g/mol. The molecule has 0 unspecified atom stereocenters. The van der Waals surface area contributed by atoms with Gasteiger partial charge in [0.25, 0.3) is 0 Å². The zero-order valence-corrected chi connectivity index (χ0v) is 11.2. The van der Waals surface area contributed by atoms with Crippen molar-refractivity contribution in [3.05, 3.63) is 22.2 Å². The summed E-state index contributed by atoms with van der Waals surface area (Å²) in [6.45, 7) is 0.0434. The minimum absolute atomic E-state index is 0.0434. The lowest BCUT2D eigenvalue weighted by Gasteiger charge is -2.10. The van der Waals surface area contributed by atoms with Crippen molar-refractivity contribution >= 4 is 52.2 Å². The third-order valence-corrected chi connectivity index (χ3v) is 3.27. The summed E-state index contributed by atoms with van der Waals surface area (Å²) in [7, 11) is 0. The summed E-state index contributed by atoms with van der Waals surface area (Å²) in [5.41, 5.74) is 6.38. The van der Waals surface area contributed by atoms with Gasteiger partial charge in [0.2, 0.25) is 5.91 Å². The predicted octanol–water partition coefficient (Wildman–Crippen LogP) is 2.24. The minimum Gasteiger partial charge on any atom is -0.397 e. The van der Waals surface area contributed by atoms with Gasteiger partial charge in [-0.3, -0.25) is 4.79 Å². The second-order valence-corrected chi connectivity index (χ2v) is 5.13. The topological polar surface area (TPSA) is 75.3 Å². The zero-order chi connectivity index (χ0) is 12.8. The number of hydrogen-bond donors (Lipinski definition) is 3. The van der Waals surface area contributed by atoms with Crippen LogP contribution in [0.15, 0.2) is 12.1 Å². The van der Waals surface area contributed by atoms with Crippen molar-refractivity contribution in [2.75, 3.05) is 29.2 Å². The molecule has 1 amide bonds. The van der Waals surface area contributed by atoms with E-state index in [9.17, 15) is 4.79 Å². The Balaban J connectivity index is 2.65. The van der Waals surface area contributed by atoms with Gasteiger partial charge in [0, 0.05) is 10.8 Å². The van der Waals surface area contributed by atoms with Gasteiger partial charge in [-0.2, -0.15) is 0 Å². The number of benzene rings is 1. The molecule has 0 atom stereocenters. The Bertz CT molecular complexity index is 392. The predicted molar refractivity (Wildman–Crippen MR) is 73.9 cm³/mol. The van der Waals surface area contributed by atoms with Gasteiger partial charge >= 0.3 is 0 Å². The quantitative estimate of drug-likeness (QED) is 0.575. The van der Waals surface area contributed by atoms with Gasteiger partial charge in [-0.25, -0.2) is 0 Å². The number of halogens is 2. The first-order valence-electron chi connectivity index (χ1n) is 4.77. The number of nitrogen functional groups attached to an aromatic ring is 1. The molecule has 1 rings (SSSR count). The smallest absolute Gasteiger partial charge is 0.234 e. The molecule has 0 spiro atoms. The van der Waals surface area contributed by atoms with E-state index in [1.165, 1.54) is 23.9 Å². The fourth-order valence-electron chi connectivity index (χ4n) is 1.13. The molecule has 0 heterocycles. The van der Waals surface area contributed by atoms with E-state index in [1.807, 2.05) is 0 Å². The molecule has 94 valence electrons. The fourth-order valence-corrected chi connectivity index (χ4v) is 2.22. The Labute approximate surface area is 113 Å². The van der Waals surface area contributed by atoms with Crippen LogP contribution in [0.2, 0.25) is 10.0 Å². The van der Waals surface area contributed by atoms with Crippen molar-refractivity contribution in [2.45, 2.75) is 0 Å². The van der Waals surface area contributed by atoms with Crippen LogP contribution < -0.4 is 11.1 Å². The van der Waals surface area contributed by atoms with Crippen LogP contribution in [0.3, 0.4) is 0 Å². The number of aliphatic hydroxyl groups is 1. The summed E-state index contributed by atoms with van der Waals surface area (Å²) in [6.07, 6.45) is 0. The van der Waals surface area contributed by atoms with Gasteiger partial charge in [-0.05, 0) is 12.1 Å².